The topological polar surface area (TPSA) is 63.7 Å². The van der Waals surface area contributed by atoms with Gasteiger partial charge in [0.25, 0.3) is 0 Å². The molecule has 0 aliphatic carbocycles. The van der Waals surface area contributed by atoms with E-state index in [1.165, 1.54) is 4.31 Å². The zero-order valence-corrected chi connectivity index (χ0v) is 15.2. The molecule has 0 aliphatic rings. The van der Waals surface area contributed by atoms with Crippen LogP contribution < -0.4 is 0 Å². The summed E-state index contributed by atoms with van der Waals surface area (Å²) in [5, 5.41) is 0. The van der Waals surface area contributed by atoms with E-state index in [2.05, 4.69) is 6.58 Å². The molecule has 0 radical (unpaired) electrons. The van der Waals surface area contributed by atoms with Crippen LogP contribution in [0.2, 0.25) is 0 Å². The third kappa shape index (κ3) is 8.51. The van der Waals surface area contributed by atoms with Gasteiger partial charge >= 0.3 is 5.97 Å². The van der Waals surface area contributed by atoms with Crippen LogP contribution in [0, 0.1) is 0 Å². The molecule has 7 heteroatoms. The lowest BCUT2D eigenvalue weighted by Gasteiger charge is -2.29. The standard InChI is InChI=1S/C15H31N2O4S/c1-6-10-16(8-3)22(19,20)14-9-11-17(4,5)12-13-21-15(18)7-2/h6H,1,7-14H2,2-5H3/q+1. The predicted molar refractivity (Wildman–Crippen MR) is 88.9 cm³/mol. The lowest BCUT2D eigenvalue weighted by Crippen LogP contribution is -2.44. The Morgan fingerprint density at radius 1 is 1.27 bits per heavy atom. The third-order valence-electron chi connectivity index (χ3n) is 3.49. The summed E-state index contributed by atoms with van der Waals surface area (Å²) in [5.41, 5.74) is 0. The molecular formula is C15H31N2O4S+. The van der Waals surface area contributed by atoms with Crippen molar-refractivity contribution in [1.29, 1.82) is 0 Å². The largest absolute Gasteiger partial charge is 0.460 e. The molecule has 0 spiro atoms. The molecule has 0 bridgehead atoms. The summed E-state index contributed by atoms with van der Waals surface area (Å²) < 4.78 is 31.5. The van der Waals surface area contributed by atoms with Gasteiger partial charge in [-0.1, -0.05) is 19.9 Å². The first kappa shape index (κ1) is 21.1. The van der Waals surface area contributed by atoms with Crippen molar-refractivity contribution in [2.24, 2.45) is 0 Å². The second-order valence-electron chi connectivity index (χ2n) is 5.87. The van der Waals surface area contributed by atoms with Gasteiger partial charge in [0.05, 0.1) is 26.4 Å². The van der Waals surface area contributed by atoms with E-state index >= 15 is 0 Å². The molecule has 0 saturated carbocycles. The van der Waals surface area contributed by atoms with Gasteiger partial charge in [0.2, 0.25) is 10.0 Å². The van der Waals surface area contributed by atoms with Crippen molar-refractivity contribution < 1.29 is 22.4 Å². The van der Waals surface area contributed by atoms with Crippen LogP contribution in [0.4, 0.5) is 0 Å². The molecule has 6 nitrogen and oxygen atoms in total. The fourth-order valence-electron chi connectivity index (χ4n) is 2.01. The zero-order valence-electron chi connectivity index (χ0n) is 14.4. The van der Waals surface area contributed by atoms with Crippen LogP contribution >= 0.6 is 0 Å². The van der Waals surface area contributed by atoms with E-state index in [4.69, 9.17) is 4.74 Å². The summed E-state index contributed by atoms with van der Waals surface area (Å²) >= 11 is 0. The van der Waals surface area contributed by atoms with Crippen LogP contribution in [0.3, 0.4) is 0 Å². The summed E-state index contributed by atoms with van der Waals surface area (Å²) in [4.78, 5) is 11.1. The number of hydrogen-bond acceptors (Lipinski definition) is 4. The monoisotopic (exact) mass is 335 g/mol. The molecule has 0 atom stereocenters. The van der Waals surface area contributed by atoms with Gasteiger partial charge < -0.3 is 9.22 Å². The normalized spacial score (nSPS) is 12.4. The molecule has 0 aromatic heterocycles. The maximum atomic E-state index is 12.2. The summed E-state index contributed by atoms with van der Waals surface area (Å²) in [7, 11) is 0.787. The Labute approximate surface area is 135 Å². The maximum Gasteiger partial charge on any atom is 0.305 e. The number of esters is 1. The molecule has 0 saturated heterocycles. The molecule has 0 aromatic carbocycles. The molecule has 0 rings (SSSR count). The molecule has 0 N–H and O–H groups in total. The predicted octanol–water partition coefficient (Wildman–Crippen LogP) is 1.24. The quantitative estimate of drug-likeness (QED) is 0.306. The van der Waals surface area contributed by atoms with E-state index in [1.807, 2.05) is 21.0 Å². The number of carbonyl (C=O) groups is 1. The Balaban J connectivity index is 4.25. The second kappa shape index (κ2) is 9.97. The fourth-order valence-corrected chi connectivity index (χ4v) is 3.49. The summed E-state index contributed by atoms with van der Waals surface area (Å²) in [5.74, 6) is -0.0731. The van der Waals surface area contributed by atoms with Crippen LogP contribution in [0.5, 0.6) is 0 Å². The highest BCUT2D eigenvalue weighted by molar-refractivity contribution is 7.89. The first-order valence-electron chi connectivity index (χ1n) is 7.75. The van der Waals surface area contributed by atoms with Gasteiger partial charge in [-0.15, -0.1) is 6.58 Å². The number of nitrogens with zero attached hydrogens (tertiary/aromatic N) is 2. The Morgan fingerprint density at radius 2 is 1.91 bits per heavy atom. The number of carbonyl (C=O) groups excluding carboxylic acids is 1. The number of likely N-dealkylation sites (N-methyl/N-ethyl adjacent to an activating group) is 2. The minimum atomic E-state index is -3.23. The van der Waals surface area contributed by atoms with Crippen molar-refractivity contribution in [3.63, 3.8) is 0 Å². The van der Waals surface area contributed by atoms with Crippen LogP contribution in [-0.2, 0) is 19.6 Å². The first-order chi connectivity index (χ1) is 10.2. The van der Waals surface area contributed by atoms with E-state index in [1.54, 1.807) is 13.0 Å². The minimum absolute atomic E-state index is 0.130. The van der Waals surface area contributed by atoms with Crippen LogP contribution in [-0.4, -0.2) is 75.8 Å². The maximum absolute atomic E-state index is 12.2. The summed E-state index contributed by atoms with van der Waals surface area (Å²) in [6, 6.07) is 0. The Kier molecular flexibility index (Phi) is 9.55. The highest BCUT2D eigenvalue weighted by atomic mass is 32.2. The van der Waals surface area contributed by atoms with Crippen molar-refractivity contribution in [3.8, 4) is 0 Å². The third-order valence-corrected chi connectivity index (χ3v) is 5.49. The van der Waals surface area contributed by atoms with E-state index in [0.29, 0.717) is 50.1 Å². The van der Waals surface area contributed by atoms with E-state index in [0.717, 1.165) is 0 Å². The van der Waals surface area contributed by atoms with E-state index < -0.39 is 10.0 Å². The average Bonchev–Trinajstić information content (AvgIpc) is 2.43. The van der Waals surface area contributed by atoms with Gasteiger partial charge in [0, 0.05) is 25.9 Å². The van der Waals surface area contributed by atoms with E-state index in [-0.39, 0.29) is 11.7 Å². The number of rotatable bonds is 12. The van der Waals surface area contributed by atoms with Gasteiger partial charge in [-0.25, -0.2) is 8.42 Å². The first-order valence-corrected chi connectivity index (χ1v) is 9.35. The van der Waals surface area contributed by atoms with Crippen LogP contribution in [0.25, 0.3) is 0 Å². The van der Waals surface area contributed by atoms with E-state index in [9.17, 15) is 13.2 Å². The van der Waals surface area contributed by atoms with Crippen molar-refractivity contribution in [1.82, 2.24) is 4.31 Å². The van der Waals surface area contributed by atoms with Crippen LogP contribution in [0.1, 0.15) is 26.7 Å². The fraction of sp³-hybridized carbons (Fsp3) is 0.800. The molecule has 0 amide bonds. The molecule has 0 aliphatic heterocycles. The number of sulfonamides is 1. The van der Waals surface area contributed by atoms with Crippen molar-refractivity contribution in [2.75, 3.05) is 52.6 Å². The van der Waals surface area contributed by atoms with Crippen molar-refractivity contribution in [3.05, 3.63) is 12.7 Å². The van der Waals surface area contributed by atoms with Crippen LogP contribution in [0.15, 0.2) is 12.7 Å². The van der Waals surface area contributed by atoms with Gasteiger partial charge in [0.15, 0.2) is 0 Å². The Morgan fingerprint density at radius 3 is 2.41 bits per heavy atom. The lowest BCUT2D eigenvalue weighted by molar-refractivity contribution is -0.890. The Hall–Kier alpha value is -0.920. The van der Waals surface area contributed by atoms with Gasteiger partial charge in [-0.3, -0.25) is 4.79 Å². The molecule has 130 valence electrons. The van der Waals surface area contributed by atoms with Gasteiger partial charge in [0.1, 0.15) is 13.2 Å². The minimum Gasteiger partial charge on any atom is -0.460 e. The van der Waals surface area contributed by atoms with Crippen molar-refractivity contribution in [2.45, 2.75) is 26.7 Å². The highest BCUT2D eigenvalue weighted by Crippen LogP contribution is 2.06. The molecule has 0 unspecified atom stereocenters. The van der Waals surface area contributed by atoms with Gasteiger partial charge in [-0.05, 0) is 0 Å². The molecule has 0 fully saturated rings. The van der Waals surface area contributed by atoms with Gasteiger partial charge in [-0.2, -0.15) is 4.31 Å². The Bertz CT molecular complexity index is 446. The smallest absolute Gasteiger partial charge is 0.305 e. The summed E-state index contributed by atoms with van der Waals surface area (Å²) in [6.45, 7) is 9.74. The van der Waals surface area contributed by atoms with Crippen molar-refractivity contribution >= 4 is 16.0 Å². The molecule has 22 heavy (non-hydrogen) atoms. The average molecular weight is 335 g/mol. The molecule has 0 heterocycles. The number of hydrogen-bond donors (Lipinski definition) is 0. The zero-order chi connectivity index (χ0) is 17.2. The lowest BCUT2D eigenvalue weighted by atomic mass is 10.3. The molecule has 0 aromatic rings. The number of ether oxygens (including phenoxy) is 1. The highest BCUT2D eigenvalue weighted by Gasteiger charge is 2.22. The second-order valence-corrected chi connectivity index (χ2v) is 7.95. The summed E-state index contributed by atoms with van der Waals surface area (Å²) in [6.07, 6.45) is 2.55. The number of quaternary nitrogens is 1. The SMILES string of the molecule is C=CCN(CC)S(=O)(=O)CCC[N+](C)(C)CCOC(=O)CC. The molecular weight excluding hydrogens is 304 g/mol.